The fraction of sp³-hybridized carbons (Fsp3) is 0.0667. The first-order chi connectivity index (χ1) is 11.2. The van der Waals surface area contributed by atoms with Gasteiger partial charge in [-0.05, 0) is 23.6 Å². The van der Waals surface area contributed by atoms with E-state index in [1.807, 2.05) is 23.6 Å². The second-order valence-corrected chi connectivity index (χ2v) is 5.52. The second-order valence-electron chi connectivity index (χ2n) is 4.58. The van der Waals surface area contributed by atoms with Crippen LogP contribution in [-0.4, -0.2) is 9.91 Å². The number of hydrogen-bond acceptors (Lipinski definition) is 7. The van der Waals surface area contributed by atoms with E-state index in [9.17, 15) is 10.1 Å². The molecular formula is C15H10N4O3S. The van der Waals surface area contributed by atoms with E-state index >= 15 is 0 Å². The maximum absolute atomic E-state index is 11.1. The lowest BCUT2D eigenvalue weighted by Crippen LogP contribution is -2.03. The van der Waals surface area contributed by atoms with Gasteiger partial charge in [0.05, 0.1) is 33.7 Å². The summed E-state index contributed by atoms with van der Waals surface area (Å²) in [6.07, 6.45) is 1.51. The van der Waals surface area contributed by atoms with E-state index in [2.05, 4.69) is 10.3 Å². The van der Waals surface area contributed by atoms with Gasteiger partial charge in [0.1, 0.15) is 12.0 Å². The Morgan fingerprint density at radius 3 is 3.00 bits per heavy atom. The van der Waals surface area contributed by atoms with Crippen LogP contribution >= 0.6 is 11.3 Å². The minimum atomic E-state index is -0.525. The Kier molecular flexibility index (Phi) is 4.03. The van der Waals surface area contributed by atoms with Crippen LogP contribution in [0.25, 0.3) is 10.8 Å². The first kappa shape index (κ1) is 14.7. The molecule has 0 saturated heterocycles. The Bertz CT molecular complexity index is 881. The molecule has 1 N–H and O–H groups in total. The van der Waals surface area contributed by atoms with Gasteiger partial charge in [0.15, 0.2) is 0 Å². The summed E-state index contributed by atoms with van der Waals surface area (Å²) in [5, 5.41) is 24.8. The molecule has 0 bridgehead atoms. The summed E-state index contributed by atoms with van der Waals surface area (Å²) in [6, 6.07) is 9.96. The second kappa shape index (κ2) is 6.29. The predicted molar refractivity (Wildman–Crippen MR) is 85.0 cm³/mol. The molecule has 0 aliphatic rings. The number of nitrogens with one attached hydrogen (secondary N) is 1. The largest absolute Gasteiger partial charge is 0.443 e. The number of aromatic nitrogens is 1. The van der Waals surface area contributed by atoms with Gasteiger partial charge >= 0.3 is 0 Å². The molecule has 0 atom stereocenters. The highest BCUT2D eigenvalue weighted by atomic mass is 32.1. The highest BCUT2D eigenvalue weighted by Gasteiger charge is 2.15. The lowest BCUT2D eigenvalue weighted by atomic mass is 10.2. The van der Waals surface area contributed by atoms with Crippen molar-refractivity contribution in [3.63, 3.8) is 0 Å². The molecule has 0 radical (unpaired) electrons. The van der Waals surface area contributed by atoms with Crippen LogP contribution in [0.1, 0.15) is 11.3 Å². The third kappa shape index (κ3) is 3.20. The number of anilines is 1. The molecule has 0 unspecified atom stereocenters. The van der Waals surface area contributed by atoms with Crippen LogP contribution in [0.3, 0.4) is 0 Å². The Balaban J connectivity index is 1.76. The smallest absolute Gasteiger partial charge is 0.293 e. The van der Waals surface area contributed by atoms with Gasteiger partial charge in [-0.2, -0.15) is 5.26 Å². The number of nitrogens with zero attached hydrogens (tertiary/aromatic N) is 3. The summed E-state index contributed by atoms with van der Waals surface area (Å²) in [5.41, 5.74) is 1.05. The van der Waals surface area contributed by atoms with Gasteiger partial charge in [0, 0.05) is 6.07 Å². The molecule has 7 nitrogen and oxygen atoms in total. The molecule has 0 aliphatic carbocycles. The van der Waals surface area contributed by atoms with Crippen LogP contribution in [0.2, 0.25) is 0 Å². The summed E-state index contributed by atoms with van der Waals surface area (Å²) >= 11 is 1.52. The number of oxazole rings is 1. The van der Waals surface area contributed by atoms with E-state index in [-0.39, 0.29) is 17.8 Å². The SMILES string of the molecule is N#Cc1ccc(NCc2coc(-c3cccs3)n2)c([N+](=O)[O-])c1. The zero-order chi connectivity index (χ0) is 16.2. The molecule has 8 heteroatoms. The Hall–Kier alpha value is -3.18. The highest BCUT2D eigenvalue weighted by molar-refractivity contribution is 7.13. The third-order valence-corrected chi connectivity index (χ3v) is 3.93. The van der Waals surface area contributed by atoms with Gasteiger partial charge < -0.3 is 9.73 Å². The molecule has 0 amide bonds. The van der Waals surface area contributed by atoms with E-state index in [1.54, 1.807) is 0 Å². The molecule has 0 fully saturated rings. The minimum Gasteiger partial charge on any atom is -0.443 e. The van der Waals surface area contributed by atoms with E-state index < -0.39 is 4.92 Å². The Morgan fingerprint density at radius 1 is 1.43 bits per heavy atom. The van der Waals surface area contributed by atoms with Gasteiger partial charge in [-0.1, -0.05) is 6.07 Å². The maximum Gasteiger partial charge on any atom is 0.293 e. The molecule has 0 aliphatic heterocycles. The molecule has 2 aromatic heterocycles. The molecule has 0 spiro atoms. The van der Waals surface area contributed by atoms with Crippen molar-refractivity contribution in [3.05, 3.63) is 63.3 Å². The predicted octanol–water partition coefficient (Wildman–Crippen LogP) is 3.80. The van der Waals surface area contributed by atoms with Crippen molar-refractivity contribution >= 4 is 22.7 Å². The quantitative estimate of drug-likeness (QED) is 0.565. The van der Waals surface area contributed by atoms with Crippen molar-refractivity contribution in [2.24, 2.45) is 0 Å². The standard InChI is InChI=1S/C15H10N4O3S/c16-7-10-3-4-12(13(6-10)19(20)21)17-8-11-9-22-15(18-11)14-2-1-5-23-14/h1-6,9,17H,8H2. The summed E-state index contributed by atoms with van der Waals surface area (Å²) in [7, 11) is 0. The summed E-state index contributed by atoms with van der Waals surface area (Å²) in [4.78, 5) is 15.8. The van der Waals surface area contributed by atoms with E-state index in [4.69, 9.17) is 9.68 Å². The van der Waals surface area contributed by atoms with Crippen molar-refractivity contribution in [3.8, 4) is 16.8 Å². The van der Waals surface area contributed by atoms with Crippen molar-refractivity contribution in [1.82, 2.24) is 4.98 Å². The average Bonchev–Trinajstić information content (AvgIpc) is 3.23. The summed E-state index contributed by atoms with van der Waals surface area (Å²) in [5.74, 6) is 0.520. The first-order valence-electron chi connectivity index (χ1n) is 6.58. The van der Waals surface area contributed by atoms with Gasteiger partial charge in [-0.3, -0.25) is 10.1 Å². The Labute approximate surface area is 135 Å². The molecule has 1 aromatic carbocycles. The molecule has 23 heavy (non-hydrogen) atoms. The van der Waals surface area contributed by atoms with Crippen molar-refractivity contribution < 1.29 is 9.34 Å². The minimum absolute atomic E-state index is 0.147. The van der Waals surface area contributed by atoms with Crippen molar-refractivity contribution in [1.29, 1.82) is 5.26 Å². The summed E-state index contributed by atoms with van der Waals surface area (Å²) < 4.78 is 5.39. The van der Waals surface area contributed by atoms with Gasteiger partial charge in [-0.25, -0.2) is 4.98 Å². The molecule has 3 aromatic rings. The third-order valence-electron chi connectivity index (χ3n) is 3.07. The average molecular weight is 326 g/mol. The molecular weight excluding hydrogens is 316 g/mol. The van der Waals surface area contributed by atoms with E-state index in [0.717, 1.165) is 4.88 Å². The van der Waals surface area contributed by atoms with Crippen LogP contribution in [0.4, 0.5) is 11.4 Å². The van der Waals surface area contributed by atoms with Crippen LogP contribution < -0.4 is 5.32 Å². The number of nitriles is 1. The number of nitro benzene ring substituents is 1. The summed E-state index contributed by atoms with van der Waals surface area (Å²) in [6.45, 7) is 0.279. The number of nitro groups is 1. The van der Waals surface area contributed by atoms with Gasteiger partial charge in [-0.15, -0.1) is 11.3 Å². The zero-order valence-electron chi connectivity index (χ0n) is 11.7. The fourth-order valence-corrected chi connectivity index (χ4v) is 2.64. The lowest BCUT2D eigenvalue weighted by Gasteiger charge is -2.05. The fourth-order valence-electron chi connectivity index (χ4n) is 1.99. The van der Waals surface area contributed by atoms with Gasteiger partial charge in [0.2, 0.25) is 5.89 Å². The molecule has 2 heterocycles. The first-order valence-corrected chi connectivity index (χ1v) is 7.46. The zero-order valence-corrected chi connectivity index (χ0v) is 12.5. The Morgan fingerprint density at radius 2 is 2.30 bits per heavy atom. The molecule has 114 valence electrons. The monoisotopic (exact) mass is 326 g/mol. The maximum atomic E-state index is 11.1. The van der Waals surface area contributed by atoms with Gasteiger partial charge in [0.25, 0.3) is 5.69 Å². The van der Waals surface area contributed by atoms with Crippen LogP contribution in [0.5, 0.6) is 0 Å². The number of rotatable bonds is 5. The molecule has 0 saturated carbocycles. The van der Waals surface area contributed by atoms with Crippen LogP contribution in [-0.2, 0) is 6.54 Å². The molecule has 3 rings (SSSR count). The number of benzene rings is 1. The van der Waals surface area contributed by atoms with Crippen LogP contribution in [0.15, 0.2) is 46.4 Å². The number of hydrogen-bond donors (Lipinski definition) is 1. The van der Waals surface area contributed by atoms with E-state index in [1.165, 1.54) is 35.8 Å². The van der Waals surface area contributed by atoms with Crippen molar-refractivity contribution in [2.75, 3.05) is 5.32 Å². The number of thiophene rings is 1. The normalized spacial score (nSPS) is 10.2. The topological polar surface area (TPSA) is 105 Å². The lowest BCUT2D eigenvalue weighted by molar-refractivity contribution is -0.384. The van der Waals surface area contributed by atoms with Crippen molar-refractivity contribution in [2.45, 2.75) is 6.54 Å². The highest BCUT2D eigenvalue weighted by Crippen LogP contribution is 2.27. The van der Waals surface area contributed by atoms with E-state index in [0.29, 0.717) is 17.3 Å². The van der Waals surface area contributed by atoms with Crippen LogP contribution in [0, 0.1) is 21.4 Å².